The molecule has 0 aliphatic carbocycles. The molecule has 2 heterocycles. The van der Waals surface area contributed by atoms with Crippen LogP contribution in [-0.4, -0.2) is 47.2 Å². The maximum Gasteiger partial charge on any atom is 0.257 e. The first-order valence-electron chi connectivity index (χ1n) is 9.34. The molecule has 1 fully saturated rings. The summed E-state index contributed by atoms with van der Waals surface area (Å²) in [5, 5.41) is 7.10. The highest BCUT2D eigenvalue weighted by molar-refractivity contribution is 5.99. The third kappa shape index (κ3) is 3.45. The Morgan fingerprint density at radius 3 is 2.48 bits per heavy atom. The monoisotopic (exact) mass is 360 g/mol. The van der Waals surface area contributed by atoms with E-state index < -0.39 is 0 Å². The summed E-state index contributed by atoms with van der Waals surface area (Å²) in [4.78, 5) is 17.4. The molecule has 0 atom stereocenters. The first-order valence-corrected chi connectivity index (χ1v) is 9.34. The topological polar surface area (TPSA) is 52.2 Å². The number of nitrogens with zero attached hydrogens (tertiary/aromatic N) is 3. The second-order valence-corrected chi connectivity index (χ2v) is 7.09. The number of rotatable bonds is 3. The average Bonchev–Trinajstić information content (AvgIpc) is 3.20. The van der Waals surface area contributed by atoms with Gasteiger partial charge in [-0.3, -0.25) is 9.89 Å². The van der Waals surface area contributed by atoms with E-state index in [1.165, 1.54) is 16.8 Å². The lowest BCUT2D eigenvalue weighted by Crippen LogP contribution is -2.49. The van der Waals surface area contributed by atoms with Crippen molar-refractivity contribution in [3.63, 3.8) is 0 Å². The van der Waals surface area contributed by atoms with Crippen molar-refractivity contribution >= 4 is 11.6 Å². The molecule has 2 aromatic carbocycles. The van der Waals surface area contributed by atoms with Crippen molar-refractivity contribution in [3.05, 3.63) is 71.4 Å². The third-order valence-corrected chi connectivity index (χ3v) is 5.20. The first-order chi connectivity index (χ1) is 13.1. The number of carbonyl (C=O) groups is 1. The van der Waals surface area contributed by atoms with Gasteiger partial charge in [-0.1, -0.05) is 42.5 Å². The van der Waals surface area contributed by atoms with Crippen molar-refractivity contribution in [1.82, 2.24) is 15.1 Å². The van der Waals surface area contributed by atoms with E-state index in [-0.39, 0.29) is 5.91 Å². The maximum atomic E-state index is 13.1. The van der Waals surface area contributed by atoms with E-state index in [1.54, 1.807) is 6.20 Å². The number of nitrogens with one attached hydrogen (secondary N) is 1. The van der Waals surface area contributed by atoms with Crippen LogP contribution in [0.1, 0.15) is 21.5 Å². The molecule has 27 heavy (non-hydrogen) atoms. The van der Waals surface area contributed by atoms with Crippen molar-refractivity contribution in [3.8, 4) is 11.3 Å². The van der Waals surface area contributed by atoms with Crippen molar-refractivity contribution in [2.75, 3.05) is 31.1 Å². The fourth-order valence-electron chi connectivity index (χ4n) is 3.65. The van der Waals surface area contributed by atoms with E-state index in [0.29, 0.717) is 18.7 Å². The fourth-order valence-corrected chi connectivity index (χ4v) is 3.65. The second-order valence-electron chi connectivity index (χ2n) is 7.09. The summed E-state index contributed by atoms with van der Waals surface area (Å²) in [6, 6.07) is 16.4. The average molecular weight is 360 g/mol. The van der Waals surface area contributed by atoms with Gasteiger partial charge in [0, 0.05) is 37.4 Å². The van der Waals surface area contributed by atoms with Gasteiger partial charge in [-0.2, -0.15) is 5.10 Å². The van der Waals surface area contributed by atoms with Crippen molar-refractivity contribution in [1.29, 1.82) is 0 Å². The Kier molecular flexibility index (Phi) is 4.67. The number of amides is 1. The van der Waals surface area contributed by atoms with Gasteiger partial charge in [-0.25, -0.2) is 0 Å². The van der Waals surface area contributed by atoms with Gasteiger partial charge >= 0.3 is 0 Å². The van der Waals surface area contributed by atoms with Crippen LogP contribution in [0.2, 0.25) is 0 Å². The number of hydrogen-bond acceptors (Lipinski definition) is 3. The number of anilines is 1. The minimum atomic E-state index is 0.0446. The zero-order valence-electron chi connectivity index (χ0n) is 15.8. The van der Waals surface area contributed by atoms with Crippen LogP contribution in [0.15, 0.2) is 54.7 Å². The Hall–Kier alpha value is -3.08. The summed E-state index contributed by atoms with van der Waals surface area (Å²) in [6.07, 6.45) is 1.64. The quantitative estimate of drug-likeness (QED) is 0.776. The van der Waals surface area contributed by atoms with E-state index in [0.717, 1.165) is 24.3 Å². The second kappa shape index (κ2) is 7.27. The Morgan fingerprint density at radius 2 is 1.74 bits per heavy atom. The molecule has 0 radical (unpaired) electrons. The van der Waals surface area contributed by atoms with Crippen LogP contribution >= 0.6 is 0 Å². The van der Waals surface area contributed by atoms with Crippen molar-refractivity contribution in [2.45, 2.75) is 13.8 Å². The molecule has 0 spiro atoms. The highest BCUT2D eigenvalue weighted by Gasteiger charge is 2.25. The van der Waals surface area contributed by atoms with Crippen LogP contribution in [0.25, 0.3) is 11.3 Å². The van der Waals surface area contributed by atoms with Gasteiger partial charge in [0.2, 0.25) is 0 Å². The minimum absolute atomic E-state index is 0.0446. The molecule has 4 rings (SSSR count). The summed E-state index contributed by atoms with van der Waals surface area (Å²) >= 11 is 0. The van der Waals surface area contributed by atoms with Crippen LogP contribution in [0, 0.1) is 13.8 Å². The van der Waals surface area contributed by atoms with E-state index >= 15 is 0 Å². The summed E-state index contributed by atoms with van der Waals surface area (Å²) in [5.41, 5.74) is 6.23. The van der Waals surface area contributed by atoms with Gasteiger partial charge in [0.1, 0.15) is 0 Å². The van der Waals surface area contributed by atoms with E-state index in [4.69, 9.17) is 0 Å². The summed E-state index contributed by atoms with van der Waals surface area (Å²) < 4.78 is 0. The summed E-state index contributed by atoms with van der Waals surface area (Å²) in [6.45, 7) is 7.37. The number of aromatic nitrogens is 2. The molecule has 0 unspecified atom stereocenters. The molecule has 1 aliphatic heterocycles. The zero-order chi connectivity index (χ0) is 18.8. The van der Waals surface area contributed by atoms with Gasteiger partial charge < -0.3 is 9.80 Å². The van der Waals surface area contributed by atoms with Crippen LogP contribution < -0.4 is 4.90 Å². The van der Waals surface area contributed by atoms with Crippen molar-refractivity contribution in [2.24, 2.45) is 0 Å². The van der Waals surface area contributed by atoms with Crippen LogP contribution in [-0.2, 0) is 0 Å². The molecule has 1 amide bonds. The Balaban J connectivity index is 1.49. The largest absolute Gasteiger partial charge is 0.368 e. The lowest BCUT2D eigenvalue weighted by atomic mass is 10.1. The Morgan fingerprint density at radius 1 is 1.00 bits per heavy atom. The SMILES string of the molecule is Cc1ccc(C)c(N2CCN(C(=O)c3cn[nH]c3-c3ccccc3)CC2)c1. The molecular weight excluding hydrogens is 336 g/mol. The number of carbonyl (C=O) groups excluding carboxylic acids is 1. The normalized spacial score (nSPS) is 14.4. The molecule has 0 bridgehead atoms. The van der Waals surface area contributed by atoms with Crippen molar-refractivity contribution < 1.29 is 4.79 Å². The van der Waals surface area contributed by atoms with E-state index in [1.807, 2.05) is 35.2 Å². The lowest BCUT2D eigenvalue weighted by molar-refractivity contribution is 0.0747. The summed E-state index contributed by atoms with van der Waals surface area (Å²) in [5.74, 6) is 0.0446. The van der Waals surface area contributed by atoms with Crippen LogP contribution in [0.5, 0.6) is 0 Å². The van der Waals surface area contributed by atoms with Gasteiger partial charge in [-0.05, 0) is 31.0 Å². The first kappa shape index (κ1) is 17.3. The van der Waals surface area contributed by atoms with E-state index in [9.17, 15) is 4.79 Å². The molecule has 138 valence electrons. The van der Waals surface area contributed by atoms with Crippen LogP contribution in [0.4, 0.5) is 5.69 Å². The molecule has 1 aromatic heterocycles. The molecule has 5 nitrogen and oxygen atoms in total. The number of aromatic amines is 1. The third-order valence-electron chi connectivity index (χ3n) is 5.20. The molecule has 0 saturated carbocycles. The Labute approximate surface area is 159 Å². The maximum absolute atomic E-state index is 13.1. The van der Waals surface area contributed by atoms with E-state index in [2.05, 4.69) is 47.1 Å². The highest BCUT2D eigenvalue weighted by Crippen LogP contribution is 2.25. The fraction of sp³-hybridized carbons (Fsp3) is 0.273. The Bertz CT molecular complexity index is 940. The molecule has 1 aliphatic rings. The number of piperazine rings is 1. The predicted molar refractivity (Wildman–Crippen MR) is 108 cm³/mol. The van der Waals surface area contributed by atoms with Gasteiger partial charge in [-0.15, -0.1) is 0 Å². The van der Waals surface area contributed by atoms with Gasteiger partial charge in [0.25, 0.3) is 5.91 Å². The number of hydrogen-bond donors (Lipinski definition) is 1. The minimum Gasteiger partial charge on any atom is -0.368 e. The smallest absolute Gasteiger partial charge is 0.257 e. The number of aryl methyl sites for hydroxylation is 2. The molecule has 1 N–H and O–H groups in total. The highest BCUT2D eigenvalue weighted by atomic mass is 16.2. The number of H-pyrrole nitrogens is 1. The molecule has 1 saturated heterocycles. The summed E-state index contributed by atoms with van der Waals surface area (Å²) in [7, 11) is 0. The number of benzene rings is 2. The zero-order valence-corrected chi connectivity index (χ0v) is 15.8. The van der Waals surface area contributed by atoms with Crippen LogP contribution in [0.3, 0.4) is 0 Å². The lowest BCUT2D eigenvalue weighted by Gasteiger charge is -2.37. The molecule has 5 heteroatoms. The van der Waals surface area contributed by atoms with Gasteiger partial charge in [0.15, 0.2) is 0 Å². The standard InChI is InChI=1S/C22H24N4O/c1-16-8-9-17(2)20(14-16)25-10-12-26(13-11-25)22(27)19-15-23-24-21(19)18-6-4-3-5-7-18/h3-9,14-15H,10-13H2,1-2H3,(H,23,24). The molecule has 3 aromatic rings. The van der Waals surface area contributed by atoms with Gasteiger partial charge in [0.05, 0.1) is 17.5 Å². The molecular formula is C22H24N4O. The predicted octanol–water partition coefficient (Wildman–Crippen LogP) is 3.66.